The summed E-state index contributed by atoms with van der Waals surface area (Å²) in [5.41, 5.74) is -2.44. The van der Waals surface area contributed by atoms with E-state index in [1.165, 1.54) is 23.8 Å². The van der Waals surface area contributed by atoms with Crippen molar-refractivity contribution in [3.8, 4) is 5.75 Å². The van der Waals surface area contributed by atoms with Crippen LogP contribution in [0.1, 0.15) is 60.0 Å². The fraction of sp³-hybridized carbons (Fsp3) is 0.522. The molecule has 2 N–H and O–H groups in total. The summed E-state index contributed by atoms with van der Waals surface area (Å²) in [4.78, 5) is 40.6. The summed E-state index contributed by atoms with van der Waals surface area (Å²) in [7, 11) is 0. The number of hydrogen-bond acceptors (Lipinski definition) is 5. The van der Waals surface area contributed by atoms with Crippen molar-refractivity contribution in [3.05, 3.63) is 50.2 Å². The number of fused-ring (bicyclic) bond motifs is 2. The van der Waals surface area contributed by atoms with Gasteiger partial charge in [-0.1, -0.05) is 24.6 Å². The van der Waals surface area contributed by atoms with Crippen molar-refractivity contribution in [1.82, 2.24) is 14.8 Å². The van der Waals surface area contributed by atoms with E-state index in [9.17, 15) is 28.3 Å². The van der Waals surface area contributed by atoms with E-state index in [1.54, 1.807) is 4.90 Å². The van der Waals surface area contributed by atoms with Crippen molar-refractivity contribution in [1.29, 1.82) is 0 Å². The van der Waals surface area contributed by atoms with E-state index >= 15 is 0 Å². The van der Waals surface area contributed by atoms with Gasteiger partial charge in [0.25, 0.3) is 11.8 Å². The van der Waals surface area contributed by atoms with Crippen LogP contribution in [0.2, 0.25) is 0 Å². The first-order chi connectivity index (χ1) is 16.1. The highest BCUT2D eigenvalue weighted by Crippen LogP contribution is 2.52. The van der Waals surface area contributed by atoms with Gasteiger partial charge in [-0.15, -0.1) is 0 Å². The maximum absolute atomic E-state index is 14.4. The molecule has 1 aromatic heterocycles. The first-order valence-electron chi connectivity index (χ1n) is 11.2. The van der Waals surface area contributed by atoms with Gasteiger partial charge in [0.1, 0.15) is 17.6 Å². The number of nitrogens with zero attached hydrogens (tertiary/aromatic N) is 2. The first-order valence-corrected chi connectivity index (χ1v) is 11.6. The monoisotopic (exact) mass is 495 g/mol. The Labute approximate surface area is 198 Å². The van der Waals surface area contributed by atoms with Crippen LogP contribution in [0, 0.1) is 5.92 Å². The van der Waals surface area contributed by atoms with Crippen LogP contribution in [-0.4, -0.2) is 57.5 Å². The van der Waals surface area contributed by atoms with Crippen LogP contribution < -0.4 is 10.7 Å². The number of carbonyl (C=O) groups is 2. The van der Waals surface area contributed by atoms with E-state index in [-0.39, 0.29) is 35.5 Å². The van der Waals surface area contributed by atoms with E-state index in [0.29, 0.717) is 19.4 Å². The number of allylic oxidation sites excluding steroid dienone is 2. The van der Waals surface area contributed by atoms with Crippen LogP contribution in [0.3, 0.4) is 0 Å². The zero-order chi connectivity index (χ0) is 24.5. The molecule has 34 heavy (non-hydrogen) atoms. The highest BCUT2D eigenvalue weighted by molar-refractivity contribution is 6.30. The van der Waals surface area contributed by atoms with Gasteiger partial charge in [0.15, 0.2) is 17.2 Å². The molecule has 1 aromatic rings. The average molecular weight is 496 g/mol. The fourth-order valence-corrected chi connectivity index (χ4v) is 5.96. The van der Waals surface area contributed by atoms with Gasteiger partial charge in [-0.3, -0.25) is 14.4 Å². The van der Waals surface area contributed by atoms with Crippen molar-refractivity contribution < 1.29 is 28.2 Å². The Bertz CT molecular complexity index is 1230. The van der Waals surface area contributed by atoms with Gasteiger partial charge in [-0.25, -0.2) is 8.78 Å². The molecule has 1 saturated carbocycles. The predicted octanol–water partition coefficient (Wildman–Crippen LogP) is 2.91. The Morgan fingerprint density at radius 2 is 2.12 bits per heavy atom. The van der Waals surface area contributed by atoms with Crippen molar-refractivity contribution in [2.75, 3.05) is 13.2 Å². The third-order valence-electron chi connectivity index (χ3n) is 7.27. The summed E-state index contributed by atoms with van der Waals surface area (Å²) in [6, 6.07) is -0.588. The minimum Gasteiger partial charge on any atom is -0.503 e. The highest BCUT2D eigenvalue weighted by atomic mass is 35.5. The summed E-state index contributed by atoms with van der Waals surface area (Å²) < 4.78 is 35.8. The molecule has 11 heteroatoms. The third kappa shape index (κ3) is 3.07. The maximum atomic E-state index is 14.4. The van der Waals surface area contributed by atoms with Gasteiger partial charge in [0.05, 0.1) is 23.7 Å². The molecule has 182 valence electrons. The summed E-state index contributed by atoms with van der Waals surface area (Å²) in [6.45, 7) is 3.38. The molecule has 3 heterocycles. The molecular formula is C23H24ClF2N3O5. The minimum absolute atomic E-state index is 0.00376. The highest BCUT2D eigenvalue weighted by Gasteiger charge is 2.60. The molecule has 2 amide bonds. The molecule has 0 bridgehead atoms. The topological polar surface area (TPSA) is 101 Å². The molecule has 2 unspecified atom stereocenters. The zero-order valence-corrected chi connectivity index (χ0v) is 19.4. The van der Waals surface area contributed by atoms with Crippen LogP contribution in [0.25, 0.3) is 0 Å². The second-order valence-electron chi connectivity index (χ2n) is 9.36. The van der Waals surface area contributed by atoms with E-state index in [1.807, 2.05) is 6.92 Å². The average Bonchev–Trinajstić information content (AvgIpc) is 3.38. The van der Waals surface area contributed by atoms with Crippen LogP contribution in [0.4, 0.5) is 8.78 Å². The van der Waals surface area contributed by atoms with Crippen LogP contribution in [-0.2, 0) is 4.74 Å². The zero-order valence-electron chi connectivity index (χ0n) is 18.6. The number of halogens is 3. The van der Waals surface area contributed by atoms with Crippen molar-refractivity contribution in [3.63, 3.8) is 0 Å². The second kappa shape index (κ2) is 7.91. The Morgan fingerprint density at radius 1 is 1.38 bits per heavy atom. The smallest absolute Gasteiger partial charge is 0.277 e. The Hall–Kier alpha value is -2.72. The Balaban J connectivity index is 1.49. The molecule has 5 rings (SSSR count). The van der Waals surface area contributed by atoms with Crippen molar-refractivity contribution >= 4 is 23.4 Å². The molecule has 0 aromatic carbocycles. The summed E-state index contributed by atoms with van der Waals surface area (Å²) >= 11 is 5.73. The molecule has 1 spiro atoms. The van der Waals surface area contributed by atoms with Crippen molar-refractivity contribution in [2.24, 2.45) is 5.92 Å². The fourth-order valence-electron chi connectivity index (χ4n) is 5.64. The maximum Gasteiger partial charge on any atom is 0.277 e. The Kier molecular flexibility index (Phi) is 5.36. The first kappa shape index (κ1) is 23.0. The van der Waals surface area contributed by atoms with E-state index in [0.717, 1.165) is 6.42 Å². The number of amides is 2. The number of ether oxygens (including phenoxy) is 1. The normalized spacial score (nSPS) is 32.3. The summed E-state index contributed by atoms with van der Waals surface area (Å²) in [5.74, 6) is -3.83. The molecule has 8 nitrogen and oxygen atoms in total. The molecular weight excluding hydrogens is 472 g/mol. The van der Waals surface area contributed by atoms with Gasteiger partial charge >= 0.3 is 0 Å². The molecule has 5 atom stereocenters. The predicted molar refractivity (Wildman–Crippen MR) is 118 cm³/mol. The second-order valence-corrected chi connectivity index (χ2v) is 9.77. The van der Waals surface area contributed by atoms with Crippen LogP contribution >= 0.6 is 11.6 Å². The molecule has 4 aliphatic rings. The molecule has 0 radical (unpaired) electrons. The van der Waals surface area contributed by atoms with Gasteiger partial charge in [0, 0.05) is 24.2 Å². The van der Waals surface area contributed by atoms with Gasteiger partial charge in [0.2, 0.25) is 5.43 Å². The lowest BCUT2D eigenvalue weighted by Gasteiger charge is -2.45. The summed E-state index contributed by atoms with van der Waals surface area (Å²) in [6.07, 6.45) is 2.94. The third-order valence-corrected chi connectivity index (χ3v) is 7.64. The number of aromatic hydroxyl groups is 1. The molecule has 1 saturated heterocycles. The van der Waals surface area contributed by atoms with Crippen LogP contribution in [0.15, 0.2) is 33.5 Å². The number of carbonyl (C=O) groups excluding carboxylic acids is 2. The van der Waals surface area contributed by atoms with E-state index in [4.69, 9.17) is 16.3 Å². The quantitative estimate of drug-likeness (QED) is 0.671. The SMILES string of the molecule is CC1C=C(CNC(=O)c2cn3c(c(O)c2=O)C(=O)N2[C@H](C)CO[C@]24CCC[C@H]34)C(F)=C(Cl)C1F. The number of nitrogens with one attached hydrogen (secondary N) is 1. The van der Waals surface area contributed by atoms with E-state index in [2.05, 4.69) is 5.32 Å². The minimum atomic E-state index is -1.67. The lowest BCUT2D eigenvalue weighted by Crippen LogP contribution is -2.58. The van der Waals surface area contributed by atoms with E-state index < -0.39 is 51.7 Å². The number of aromatic nitrogens is 1. The summed E-state index contributed by atoms with van der Waals surface area (Å²) in [5, 5.41) is 12.6. The van der Waals surface area contributed by atoms with Gasteiger partial charge in [-0.2, -0.15) is 0 Å². The Morgan fingerprint density at radius 3 is 2.85 bits per heavy atom. The van der Waals surface area contributed by atoms with Gasteiger partial charge in [-0.05, 0) is 26.2 Å². The standard InChI is InChI=1S/C23H24ClF2N3O5/c1-10-6-12(17(26)15(24)16(10)25)7-27-21(32)13-8-28-14-4-3-5-23(14)29(11(2)9-34-23)22(33)18(28)20(31)19(13)30/h6,8,10-11,14,16,31H,3-5,7,9H2,1-2H3,(H,27,32)/t10?,11-,14+,16?,23+/m1/s1. The van der Waals surface area contributed by atoms with Gasteiger partial charge < -0.3 is 24.6 Å². The number of alkyl halides is 1. The largest absolute Gasteiger partial charge is 0.503 e. The lowest BCUT2D eigenvalue weighted by atomic mass is 9.95. The number of rotatable bonds is 3. The van der Waals surface area contributed by atoms with Crippen molar-refractivity contribution in [2.45, 2.75) is 57.1 Å². The van der Waals surface area contributed by atoms with Crippen LogP contribution in [0.5, 0.6) is 5.75 Å². The lowest BCUT2D eigenvalue weighted by molar-refractivity contribution is -0.101. The molecule has 2 fully saturated rings. The number of hydrogen-bond donors (Lipinski definition) is 2. The number of pyridine rings is 1. The molecule has 2 aliphatic heterocycles. The molecule has 2 aliphatic carbocycles.